The van der Waals surface area contributed by atoms with Crippen LogP contribution in [0.5, 0.6) is 0 Å². The van der Waals surface area contributed by atoms with Gasteiger partial charge in [-0.3, -0.25) is 4.79 Å². The maximum Gasteiger partial charge on any atom is 0.241 e. The van der Waals surface area contributed by atoms with E-state index in [4.69, 9.17) is 10.5 Å². The van der Waals surface area contributed by atoms with Crippen molar-refractivity contribution in [2.45, 2.75) is 13.0 Å². The first-order chi connectivity index (χ1) is 8.15. The molecule has 1 rings (SSSR count). The summed E-state index contributed by atoms with van der Waals surface area (Å²) < 4.78 is 5.00. The molecular formula is C13H20N2O2. The Labute approximate surface area is 102 Å². The van der Waals surface area contributed by atoms with Crippen LogP contribution in [-0.4, -0.2) is 26.2 Å². The molecule has 0 heterocycles. The largest absolute Gasteiger partial charge is 0.384 e. The number of carbonyl (C=O) groups excluding carboxylic acids is 1. The molecule has 1 aromatic carbocycles. The summed E-state index contributed by atoms with van der Waals surface area (Å²) in [6, 6.07) is 8.73. The summed E-state index contributed by atoms with van der Waals surface area (Å²) in [6.07, 6.45) is 0. The lowest BCUT2D eigenvalue weighted by Gasteiger charge is -2.15. The zero-order valence-electron chi connectivity index (χ0n) is 10.3. The van der Waals surface area contributed by atoms with Crippen molar-refractivity contribution in [2.24, 2.45) is 11.7 Å². The molecule has 0 radical (unpaired) electrons. The van der Waals surface area contributed by atoms with Gasteiger partial charge in [-0.1, -0.05) is 37.3 Å². The van der Waals surface area contributed by atoms with Gasteiger partial charge in [-0.05, 0) is 11.5 Å². The topological polar surface area (TPSA) is 64.3 Å². The number of carbonyl (C=O) groups is 1. The van der Waals surface area contributed by atoms with Crippen LogP contribution in [0.25, 0.3) is 0 Å². The lowest BCUT2D eigenvalue weighted by molar-refractivity contribution is -0.122. The molecule has 4 nitrogen and oxygen atoms in total. The van der Waals surface area contributed by atoms with Crippen molar-refractivity contribution in [1.82, 2.24) is 5.32 Å². The third kappa shape index (κ3) is 4.54. The van der Waals surface area contributed by atoms with Crippen LogP contribution < -0.4 is 11.1 Å². The first-order valence-electron chi connectivity index (χ1n) is 5.72. The molecule has 0 spiro atoms. The predicted octanol–water partition coefficient (Wildman–Crippen LogP) is 1.09. The van der Waals surface area contributed by atoms with Gasteiger partial charge in [0.05, 0.1) is 6.61 Å². The van der Waals surface area contributed by atoms with Gasteiger partial charge in [0.15, 0.2) is 0 Å². The van der Waals surface area contributed by atoms with Crippen LogP contribution in [0.15, 0.2) is 30.3 Å². The van der Waals surface area contributed by atoms with Gasteiger partial charge in [-0.15, -0.1) is 0 Å². The van der Waals surface area contributed by atoms with Crippen LogP contribution in [0.2, 0.25) is 0 Å². The number of amides is 1. The van der Waals surface area contributed by atoms with Gasteiger partial charge >= 0.3 is 0 Å². The van der Waals surface area contributed by atoms with Gasteiger partial charge in [0.25, 0.3) is 0 Å². The van der Waals surface area contributed by atoms with Crippen LogP contribution in [-0.2, 0) is 9.53 Å². The van der Waals surface area contributed by atoms with Crippen LogP contribution in [0.1, 0.15) is 18.5 Å². The third-order valence-corrected chi connectivity index (χ3v) is 2.52. The van der Waals surface area contributed by atoms with Gasteiger partial charge in [-0.25, -0.2) is 0 Å². The second-order valence-electron chi connectivity index (χ2n) is 4.19. The van der Waals surface area contributed by atoms with Gasteiger partial charge in [0.2, 0.25) is 5.91 Å². The van der Waals surface area contributed by atoms with Crippen LogP contribution >= 0.6 is 0 Å². The van der Waals surface area contributed by atoms with E-state index >= 15 is 0 Å². The summed E-state index contributed by atoms with van der Waals surface area (Å²) in [5.74, 6) is 0.131. The van der Waals surface area contributed by atoms with E-state index in [2.05, 4.69) is 5.32 Å². The molecule has 1 amide bonds. The molecule has 0 aromatic heterocycles. The Morgan fingerprint density at radius 1 is 1.41 bits per heavy atom. The van der Waals surface area contributed by atoms with E-state index in [-0.39, 0.29) is 11.8 Å². The summed E-state index contributed by atoms with van der Waals surface area (Å²) in [7, 11) is 1.65. The molecule has 1 aromatic rings. The smallest absolute Gasteiger partial charge is 0.241 e. The van der Waals surface area contributed by atoms with Crippen molar-refractivity contribution in [3.8, 4) is 0 Å². The van der Waals surface area contributed by atoms with Crippen molar-refractivity contribution >= 4 is 5.91 Å². The van der Waals surface area contributed by atoms with E-state index in [1.54, 1.807) is 7.11 Å². The number of hydrogen-bond donors (Lipinski definition) is 2. The number of nitrogens with two attached hydrogens (primary N) is 1. The van der Waals surface area contributed by atoms with Crippen LogP contribution in [0.3, 0.4) is 0 Å². The van der Waals surface area contributed by atoms with E-state index in [1.165, 1.54) is 0 Å². The standard InChI is InChI=1S/C13H20N2O2/c1-10(9-17-2)8-15-13(16)12(14)11-6-4-3-5-7-11/h3-7,10,12H,8-9,14H2,1-2H3,(H,15,16). The molecule has 3 N–H and O–H groups in total. The second kappa shape index (κ2) is 7.04. The molecule has 0 saturated heterocycles. The minimum Gasteiger partial charge on any atom is -0.384 e. The normalized spacial score (nSPS) is 14.1. The quantitative estimate of drug-likeness (QED) is 0.777. The highest BCUT2D eigenvalue weighted by molar-refractivity contribution is 5.82. The predicted molar refractivity (Wildman–Crippen MR) is 67.4 cm³/mol. The summed E-state index contributed by atoms with van der Waals surface area (Å²) in [6.45, 7) is 3.21. The van der Waals surface area contributed by atoms with Gasteiger partial charge in [-0.2, -0.15) is 0 Å². The fourth-order valence-corrected chi connectivity index (χ4v) is 1.54. The Morgan fingerprint density at radius 3 is 2.65 bits per heavy atom. The maximum absolute atomic E-state index is 11.8. The zero-order chi connectivity index (χ0) is 12.7. The highest BCUT2D eigenvalue weighted by Gasteiger charge is 2.15. The molecule has 2 unspecified atom stereocenters. The SMILES string of the molecule is COCC(C)CNC(=O)C(N)c1ccccc1. The Bertz CT molecular complexity index is 341. The zero-order valence-corrected chi connectivity index (χ0v) is 10.3. The molecule has 17 heavy (non-hydrogen) atoms. The highest BCUT2D eigenvalue weighted by Crippen LogP contribution is 2.09. The highest BCUT2D eigenvalue weighted by atomic mass is 16.5. The number of nitrogens with one attached hydrogen (secondary N) is 1. The molecule has 0 fully saturated rings. The van der Waals surface area contributed by atoms with Gasteiger partial charge < -0.3 is 15.8 Å². The minimum atomic E-state index is -0.606. The summed E-state index contributed by atoms with van der Waals surface area (Å²) >= 11 is 0. The van der Waals surface area contributed by atoms with Crippen LogP contribution in [0, 0.1) is 5.92 Å². The Balaban J connectivity index is 2.43. The molecule has 2 atom stereocenters. The summed E-state index contributed by atoms with van der Waals surface area (Å²) in [5, 5.41) is 2.82. The molecular weight excluding hydrogens is 216 g/mol. The molecule has 0 bridgehead atoms. The van der Waals surface area contributed by atoms with E-state index in [0.29, 0.717) is 13.2 Å². The van der Waals surface area contributed by atoms with E-state index in [1.807, 2.05) is 37.3 Å². The third-order valence-electron chi connectivity index (χ3n) is 2.52. The Kier molecular flexibility index (Phi) is 5.66. The number of ether oxygens (including phenoxy) is 1. The van der Waals surface area contributed by atoms with Crippen molar-refractivity contribution in [2.75, 3.05) is 20.3 Å². The fourth-order valence-electron chi connectivity index (χ4n) is 1.54. The molecule has 0 aliphatic heterocycles. The van der Waals surface area contributed by atoms with E-state index in [0.717, 1.165) is 5.56 Å². The summed E-state index contributed by atoms with van der Waals surface area (Å²) in [5.41, 5.74) is 6.68. The Hall–Kier alpha value is -1.39. The average molecular weight is 236 g/mol. The molecule has 0 aliphatic rings. The minimum absolute atomic E-state index is 0.154. The fraction of sp³-hybridized carbons (Fsp3) is 0.462. The molecule has 4 heteroatoms. The Morgan fingerprint density at radius 2 is 2.06 bits per heavy atom. The van der Waals surface area contributed by atoms with Crippen molar-refractivity contribution in [3.05, 3.63) is 35.9 Å². The van der Waals surface area contributed by atoms with E-state index < -0.39 is 6.04 Å². The monoisotopic (exact) mass is 236 g/mol. The van der Waals surface area contributed by atoms with Crippen molar-refractivity contribution < 1.29 is 9.53 Å². The van der Waals surface area contributed by atoms with Crippen molar-refractivity contribution in [3.63, 3.8) is 0 Å². The summed E-state index contributed by atoms with van der Waals surface area (Å²) in [4.78, 5) is 11.8. The van der Waals surface area contributed by atoms with Crippen molar-refractivity contribution in [1.29, 1.82) is 0 Å². The first kappa shape index (κ1) is 13.7. The number of rotatable bonds is 6. The van der Waals surface area contributed by atoms with Gasteiger partial charge in [0, 0.05) is 13.7 Å². The lowest BCUT2D eigenvalue weighted by Crippen LogP contribution is -2.37. The lowest BCUT2D eigenvalue weighted by atomic mass is 10.1. The molecule has 94 valence electrons. The average Bonchev–Trinajstić information content (AvgIpc) is 2.36. The first-order valence-corrected chi connectivity index (χ1v) is 5.72. The molecule has 0 aliphatic carbocycles. The number of hydrogen-bond acceptors (Lipinski definition) is 3. The van der Waals surface area contributed by atoms with E-state index in [9.17, 15) is 4.79 Å². The van der Waals surface area contributed by atoms with Gasteiger partial charge in [0.1, 0.15) is 6.04 Å². The number of benzene rings is 1. The molecule has 0 saturated carbocycles. The second-order valence-corrected chi connectivity index (χ2v) is 4.19. The maximum atomic E-state index is 11.8. The number of methoxy groups -OCH3 is 1. The van der Waals surface area contributed by atoms with Crippen LogP contribution in [0.4, 0.5) is 0 Å².